The van der Waals surface area contributed by atoms with E-state index >= 15 is 0 Å². The van der Waals surface area contributed by atoms with Crippen LogP contribution in [0.15, 0.2) is 42.5 Å². The summed E-state index contributed by atoms with van der Waals surface area (Å²) in [4.78, 5) is 0. The van der Waals surface area contributed by atoms with Gasteiger partial charge in [0.25, 0.3) is 0 Å². The van der Waals surface area contributed by atoms with Gasteiger partial charge in [-0.1, -0.05) is 24.3 Å². The van der Waals surface area contributed by atoms with Crippen molar-refractivity contribution in [2.75, 3.05) is 6.61 Å². The first-order valence-electron chi connectivity index (χ1n) is 6.65. The number of hydrogen-bond donors (Lipinski definition) is 3. The summed E-state index contributed by atoms with van der Waals surface area (Å²) in [5.41, 5.74) is 1.62. The first kappa shape index (κ1) is 12.8. The largest absolute Gasteiger partial charge is 0.507 e. The van der Waals surface area contributed by atoms with E-state index in [-0.39, 0.29) is 23.6 Å². The molecule has 1 heterocycles. The number of phenols is 2. The van der Waals surface area contributed by atoms with Crippen molar-refractivity contribution >= 4 is 0 Å². The van der Waals surface area contributed by atoms with Crippen molar-refractivity contribution in [1.82, 2.24) is 5.32 Å². The molecular weight excluding hydrogens is 254 g/mol. The van der Waals surface area contributed by atoms with Crippen molar-refractivity contribution < 1.29 is 14.9 Å². The van der Waals surface area contributed by atoms with Crippen LogP contribution in [-0.4, -0.2) is 16.8 Å². The molecule has 2 aromatic carbocycles. The molecule has 4 nitrogen and oxygen atoms in total. The number of rotatable bonds is 3. The average molecular weight is 271 g/mol. The molecule has 0 saturated heterocycles. The number of para-hydroxylation sites is 1. The number of ether oxygens (including phenoxy) is 1. The van der Waals surface area contributed by atoms with Gasteiger partial charge in [0.05, 0.1) is 11.6 Å². The second-order valence-electron chi connectivity index (χ2n) is 5.00. The Labute approximate surface area is 117 Å². The molecule has 0 saturated carbocycles. The van der Waals surface area contributed by atoms with E-state index in [1.807, 2.05) is 31.2 Å². The molecule has 4 heteroatoms. The molecule has 1 aliphatic rings. The molecule has 3 N–H and O–H groups in total. The Kier molecular flexibility index (Phi) is 3.24. The third-order valence-corrected chi connectivity index (χ3v) is 3.64. The first-order chi connectivity index (χ1) is 9.66. The minimum Gasteiger partial charge on any atom is -0.507 e. The Hall–Kier alpha value is -2.20. The van der Waals surface area contributed by atoms with Crippen LogP contribution in [0.4, 0.5) is 0 Å². The van der Waals surface area contributed by atoms with Crippen LogP contribution in [0.25, 0.3) is 0 Å². The van der Waals surface area contributed by atoms with Gasteiger partial charge >= 0.3 is 0 Å². The molecule has 0 aromatic heterocycles. The minimum atomic E-state index is -0.184. The van der Waals surface area contributed by atoms with Gasteiger partial charge in [-0.25, -0.2) is 0 Å². The third kappa shape index (κ3) is 2.18. The third-order valence-electron chi connectivity index (χ3n) is 3.64. The van der Waals surface area contributed by atoms with Crippen LogP contribution in [0.1, 0.15) is 30.1 Å². The van der Waals surface area contributed by atoms with Crippen LogP contribution in [-0.2, 0) is 0 Å². The van der Waals surface area contributed by atoms with Crippen molar-refractivity contribution in [2.24, 2.45) is 0 Å². The molecular formula is C16H17NO3. The maximum absolute atomic E-state index is 9.90. The van der Waals surface area contributed by atoms with E-state index in [1.165, 1.54) is 0 Å². The fourth-order valence-electron chi connectivity index (χ4n) is 2.67. The van der Waals surface area contributed by atoms with Gasteiger partial charge in [-0.05, 0) is 25.1 Å². The maximum atomic E-state index is 9.90. The standard InChI is InChI=1S/C16H17NO3/c1-10(16-13(18)6-4-7-14(16)19)17-12-9-20-15-8-3-2-5-11(12)15/h2-8,10,12,17-19H,9H2,1H3. The Morgan fingerprint density at radius 1 is 1.10 bits per heavy atom. The zero-order chi connectivity index (χ0) is 14.1. The van der Waals surface area contributed by atoms with E-state index < -0.39 is 0 Å². The van der Waals surface area contributed by atoms with E-state index in [2.05, 4.69) is 5.32 Å². The number of hydrogen-bond acceptors (Lipinski definition) is 4. The topological polar surface area (TPSA) is 61.7 Å². The molecule has 1 aliphatic heterocycles. The van der Waals surface area contributed by atoms with E-state index in [4.69, 9.17) is 4.74 Å². The number of fused-ring (bicyclic) bond motifs is 1. The van der Waals surface area contributed by atoms with Gasteiger partial charge in [-0.2, -0.15) is 0 Å². The second-order valence-corrected chi connectivity index (χ2v) is 5.00. The van der Waals surface area contributed by atoms with Crippen LogP contribution in [0.2, 0.25) is 0 Å². The second kappa shape index (κ2) is 5.06. The van der Waals surface area contributed by atoms with Gasteiger partial charge in [0.15, 0.2) is 0 Å². The van der Waals surface area contributed by atoms with Crippen LogP contribution in [0.3, 0.4) is 0 Å². The van der Waals surface area contributed by atoms with E-state index in [0.29, 0.717) is 12.2 Å². The Morgan fingerprint density at radius 3 is 2.55 bits per heavy atom. The average Bonchev–Trinajstić information content (AvgIpc) is 2.82. The highest BCUT2D eigenvalue weighted by Gasteiger charge is 2.26. The predicted octanol–water partition coefficient (Wildman–Crippen LogP) is 2.88. The lowest BCUT2D eigenvalue weighted by Crippen LogP contribution is -2.25. The molecule has 2 unspecified atom stereocenters. The SMILES string of the molecule is CC(NC1COc2ccccc21)c1c(O)cccc1O. The summed E-state index contributed by atoms with van der Waals surface area (Å²) < 4.78 is 5.62. The molecule has 20 heavy (non-hydrogen) atoms. The molecule has 0 aliphatic carbocycles. The highest BCUT2D eigenvalue weighted by molar-refractivity contribution is 5.45. The Balaban J connectivity index is 1.82. The van der Waals surface area contributed by atoms with Crippen molar-refractivity contribution in [3.05, 3.63) is 53.6 Å². The number of phenolic OH excluding ortho intramolecular Hbond substituents is 2. The molecule has 0 amide bonds. The summed E-state index contributed by atoms with van der Waals surface area (Å²) in [7, 11) is 0. The number of nitrogens with one attached hydrogen (secondary N) is 1. The Bertz CT molecular complexity index is 607. The zero-order valence-corrected chi connectivity index (χ0v) is 11.2. The van der Waals surface area contributed by atoms with Gasteiger partial charge < -0.3 is 20.3 Å². The summed E-state index contributed by atoms with van der Waals surface area (Å²) >= 11 is 0. The highest BCUT2D eigenvalue weighted by atomic mass is 16.5. The molecule has 2 atom stereocenters. The van der Waals surface area contributed by atoms with Gasteiger partial charge in [0.1, 0.15) is 23.9 Å². The van der Waals surface area contributed by atoms with Crippen LogP contribution >= 0.6 is 0 Å². The van der Waals surface area contributed by atoms with Crippen LogP contribution in [0, 0.1) is 0 Å². The lowest BCUT2D eigenvalue weighted by Gasteiger charge is -2.20. The molecule has 3 rings (SSSR count). The Morgan fingerprint density at radius 2 is 1.80 bits per heavy atom. The first-order valence-corrected chi connectivity index (χ1v) is 6.65. The number of aromatic hydroxyl groups is 2. The molecule has 104 valence electrons. The fourth-order valence-corrected chi connectivity index (χ4v) is 2.67. The predicted molar refractivity (Wildman–Crippen MR) is 76.0 cm³/mol. The fraction of sp³-hybridized carbons (Fsp3) is 0.250. The van der Waals surface area contributed by atoms with Crippen LogP contribution in [0.5, 0.6) is 17.2 Å². The van der Waals surface area contributed by atoms with Gasteiger partial charge in [-0.15, -0.1) is 0 Å². The maximum Gasteiger partial charge on any atom is 0.124 e. The summed E-state index contributed by atoms with van der Waals surface area (Å²) in [6.45, 7) is 2.47. The number of benzene rings is 2. The van der Waals surface area contributed by atoms with E-state index in [1.54, 1.807) is 18.2 Å². The normalized spacial score (nSPS) is 18.4. The quantitative estimate of drug-likeness (QED) is 0.803. The summed E-state index contributed by atoms with van der Waals surface area (Å²) in [6.07, 6.45) is 0. The van der Waals surface area contributed by atoms with Crippen molar-refractivity contribution in [1.29, 1.82) is 0 Å². The van der Waals surface area contributed by atoms with Gasteiger partial charge in [0.2, 0.25) is 0 Å². The summed E-state index contributed by atoms with van der Waals surface area (Å²) in [6, 6.07) is 12.5. The smallest absolute Gasteiger partial charge is 0.124 e. The van der Waals surface area contributed by atoms with Crippen molar-refractivity contribution in [3.63, 3.8) is 0 Å². The monoisotopic (exact) mass is 271 g/mol. The lowest BCUT2D eigenvalue weighted by atomic mass is 10.0. The van der Waals surface area contributed by atoms with Gasteiger partial charge in [0, 0.05) is 11.6 Å². The zero-order valence-electron chi connectivity index (χ0n) is 11.2. The highest BCUT2D eigenvalue weighted by Crippen LogP contribution is 2.37. The lowest BCUT2D eigenvalue weighted by molar-refractivity contribution is 0.297. The summed E-state index contributed by atoms with van der Waals surface area (Å²) in [5.74, 6) is 1.08. The van der Waals surface area contributed by atoms with Gasteiger partial charge in [-0.3, -0.25) is 0 Å². The summed E-state index contributed by atoms with van der Waals surface area (Å²) in [5, 5.41) is 23.2. The molecule has 0 radical (unpaired) electrons. The van der Waals surface area contributed by atoms with Crippen molar-refractivity contribution in [2.45, 2.75) is 19.0 Å². The minimum absolute atomic E-state index is 0.0557. The molecule has 0 spiro atoms. The van der Waals surface area contributed by atoms with Crippen molar-refractivity contribution in [3.8, 4) is 17.2 Å². The van der Waals surface area contributed by atoms with E-state index in [9.17, 15) is 10.2 Å². The van der Waals surface area contributed by atoms with Crippen LogP contribution < -0.4 is 10.1 Å². The van der Waals surface area contributed by atoms with E-state index in [0.717, 1.165) is 11.3 Å². The molecule has 0 fully saturated rings. The molecule has 0 bridgehead atoms. The molecule has 2 aromatic rings.